The monoisotopic (exact) mass is 299 g/mol. The highest BCUT2D eigenvalue weighted by Crippen LogP contribution is 2.29. The number of benzene rings is 1. The molecule has 2 heterocycles. The summed E-state index contributed by atoms with van der Waals surface area (Å²) in [6.45, 7) is 2.99. The fraction of sp³-hybridized carbons (Fsp3) is 0.500. The molecule has 4 heteroatoms. The Labute approximate surface area is 132 Å². The van der Waals surface area contributed by atoms with Crippen molar-refractivity contribution < 1.29 is 5.11 Å². The van der Waals surface area contributed by atoms with Gasteiger partial charge >= 0.3 is 0 Å². The number of hydrogen-bond acceptors (Lipinski definition) is 3. The second-order valence-corrected chi connectivity index (χ2v) is 6.30. The zero-order valence-corrected chi connectivity index (χ0v) is 13.2. The Hall–Kier alpha value is -1.65. The van der Waals surface area contributed by atoms with Crippen molar-refractivity contribution in [3.63, 3.8) is 0 Å². The second kappa shape index (κ2) is 7.07. The highest BCUT2D eigenvalue weighted by molar-refractivity contribution is 5.15. The van der Waals surface area contributed by atoms with E-state index in [1.165, 1.54) is 5.56 Å². The lowest BCUT2D eigenvalue weighted by Gasteiger charge is -2.31. The number of aliphatic hydroxyl groups is 1. The van der Waals surface area contributed by atoms with Gasteiger partial charge in [-0.2, -0.15) is 0 Å². The Morgan fingerprint density at radius 3 is 2.68 bits per heavy atom. The van der Waals surface area contributed by atoms with Gasteiger partial charge in [-0.05, 0) is 50.9 Å². The minimum atomic E-state index is -0.445. The third-order valence-corrected chi connectivity index (χ3v) is 4.71. The van der Waals surface area contributed by atoms with E-state index in [0.717, 1.165) is 44.7 Å². The van der Waals surface area contributed by atoms with Crippen LogP contribution < -0.4 is 0 Å². The van der Waals surface area contributed by atoms with Crippen LogP contribution in [-0.2, 0) is 13.0 Å². The Kier molecular flexibility index (Phi) is 4.90. The molecule has 3 rings (SSSR count). The lowest BCUT2D eigenvalue weighted by molar-refractivity contribution is 0.0566. The van der Waals surface area contributed by atoms with Crippen LogP contribution in [0.3, 0.4) is 0 Å². The number of aliphatic hydroxyl groups excluding tert-OH is 1. The molecule has 0 aliphatic carbocycles. The normalized spacial score (nSPS) is 18.5. The van der Waals surface area contributed by atoms with Crippen LogP contribution in [0.4, 0.5) is 0 Å². The van der Waals surface area contributed by atoms with Gasteiger partial charge in [-0.3, -0.25) is 0 Å². The summed E-state index contributed by atoms with van der Waals surface area (Å²) in [6.07, 6.45) is 6.39. The van der Waals surface area contributed by atoms with Crippen LogP contribution in [0.1, 0.15) is 30.3 Å². The highest BCUT2D eigenvalue weighted by Gasteiger charge is 2.27. The molecule has 1 aliphatic heterocycles. The fourth-order valence-corrected chi connectivity index (χ4v) is 3.23. The SMILES string of the molecule is CN1CCC(C(O)c2nccn2CCc2ccccc2)CC1. The standard InChI is InChI=1S/C18H25N3O/c1-20-11-8-16(9-12-20)17(22)18-19-10-14-21(18)13-7-15-5-3-2-4-6-15/h2-6,10,14,16-17,22H,7-9,11-13H2,1H3. The first-order valence-corrected chi connectivity index (χ1v) is 8.15. The first-order valence-electron chi connectivity index (χ1n) is 8.15. The maximum Gasteiger partial charge on any atom is 0.137 e. The van der Waals surface area contributed by atoms with E-state index in [2.05, 4.69) is 45.8 Å². The number of aryl methyl sites for hydroxylation is 2. The Balaban J connectivity index is 1.64. The van der Waals surface area contributed by atoms with Gasteiger partial charge in [-0.25, -0.2) is 4.98 Å². The molecule has 4 nitrogen and oxygen atoms in total. The van der Waals surface area contributed by atoms with Gasteiger partial charge in [0.2, 0.25) is 0 Å². The average Bonchev–Trinajstić information content (AvgIpc) is 3.02. The summed E-state index contributed by atoms with van der Waals surface area (Å²) in [6, 6.07) is 10.5. The van der Waals surface area contributed by atoms with Gasteiger partial charge < -0.3 is 14.6 Å². The largest absolute Gasteiger partial charge is 0.385 e. The third-order valence-electron chi connectivity index (χ3n) is 4.71. The van der Waals surface area contributed by atoms with E-state index < -0.39 is 6.10 Å². The molecule has 1 aromatic carbocycles. The van der Waals surface area contributed by atoms with E-state index >= 15 is 0 Å². The molecular formula is C18H25N3O. The molecule has 1 aliphatic rings. The Bertz CT molecular complexity index is 573. The zero-order valence-electron chi connectivity index (χ0n) is 13.2. The number of piperidine rings is 1. The molecule has 1 unspecified atom stereocenters. The molecule has 0 bridgehead atoms. The summed E-state index contributed by atoms with van der Waals surface area (Å²) in [5, 5.41) is 10.7. The predicted molar refractivity (Wildman–Crippen MR) is 87.6 cm³/mol. The van der Waals surface area contributed by atoms with Crippen molar-refractivity contribution in [2.24, 2.45) is 5.92 Å². The van der Waals surface area contributed by atoms with Crippen molar-refractivity contribution in [1.82, 2.24) is 14.5 Å². The van der Waals surface area contributed by atoms with Crippen LogP contribution in [0.2, 0.25) is 0 Å². The number of hydrogen-bond donors (Lipinski definition) is 1. The van der Waals surface area contributed by atoms with E-state index in [1.807, 2.05) is 12.3 Å². The maximum absolute atomic E-state index is 10.7. The van der Waals surface area contributed by atoms with Crippen LogP contribution >= 0.6 is 0 Å². The molecule has 1 aromatic heterocycles. The number of rotatable bonds is 5. The fourth-order valence-electron chi connectivity index (χ4n) is 3.23. The van der Waals surface area contributed by atoms with Gasteiger partial charge in [0.25, 0.3) is 0 Å². The number of nitrogens with zero attached hydrogens (tertiary/aromatic N) is 3. The van der Waals surface area contributed by atoms with Crippen molar-refractivity contribution in [3.8, 4) is 0 Å². The van der Waals surface area contributed by atoms with E-state index in [1.54, 1.807) is 6.20 Å². The lowest BCUT2D eigenvalue weighted by Crippen LogP contribution is -2.33. The summed E-state index contributed by atoms with van der Waals surface area (Å²) in [5.41, 5.74) is 1.32. The van der Waals surface area contributed by atoms with Crippen molar-refractivity contribution in [2.45, 2.75) is 31.9 Å². The van der Waals surface area contributed by atoms with Crippen LogP contribution in [-0.4, -0.2) is 39.7 Å². The zero-order chi connectivity index (χ0) is 15.4. The molecule has 1 atom stereocenters. The molecule has 1 saturated heterocycles. The first kappa shape index (κ1) is 15.3. The molecule has 22 heavy (non-hydrogen) atoms. The second-order valence-electron chi connectivity index (χ2n) is 6.30. The summed E-state index contributed by atoms with van der Waals surface area (Å²) >= 11 is 0. The molecule has 1 N–H and O–H groups in total. The van der Waals surface area contributed by atoms with Crippen molar-refractivity contribution in [3.05, 3.63) is 54.1 Å². The molecule has 0 radical (unpaired) electrons. The molecule has 0 amide bonds. The van der Waals surface area contributed by atoms with E-state index in [0.29, 0.717) is 5.92 Å². The Morgan fingerprint density at radius 2 is 1.95 bits per heavy atom. The maximum atomic E-state index is 10.7. The molecule has 118 valence electrons. The van der Waals surface area contributed by atoms with Gasteiger partial charge in [0.1, 0.15) is 11.9 Å². The van der Waals surface area contributed by atoms with Gasteiger partial charge in [-0.1, -0.05) is 30.3 Å². The third kappa shape index (κ3) is 3.57. The van der Waals surface area contributed by atoms with Gasteiger partial charge in [0, 0.05) is 18.9 Å². The molecule has 0 saturated carbocycles. The number of likely N-dealkylation sites (tertiary alicyclic amines) is 1. The Morgan fingerprint density at radius 1 is 1.23 bits per heavy atom. The number of aromatic nitrogens is 2. The minimum absolute atomic E-state index is 0.328. The van der Waals surface area contributed by atoms with Gasteiger partial charge in [-0.15, -0.1) is 0 Å². The summed E-state index contributed by atoms with van der Waals surface area (Å²) in [5.74, 6) is 1.15. The smallest absolute Gasteiger partial charge is 0.137 e. The van der Waals surface area contributed by atoms with E-state index in [-0.39, 0.29) is 0 Å². The van der Waals surface area contributed by atoms with E-state index in [9.17, 15) is 5.11 Å². The summed E-state index contributed by atoms with van der Waals surface area (Å²) in [4.78, 5) is 6.75. The molecular weight excluding hydrogens is 274 g/mol. The molecule has 1 fully saturated rings. The molecule has 0 spiro atoms. The van der Waals surface area contributed by atoms with Crippen LogP contribution in [0.15, 0.2) is 42.7 Å². The van der Waals surface area contributed by atoms with Gasteiger partial charge in [0.05, 0.1) is 0 Å². The average molecular weight is 299 g/mol. The number of imidazole rings is 1. The van der Waals surface area contributed by atoms with Crippen molar-refractivity contribution in [1.29, 1.82) is 0 Å². The van der Waals surface area contributed by atoms with Crippen LogP contribution in [0.25, 0.3) is 0 Å². The summed E-state index contributed by atoms with van der Waals surface area (Å²) < 4.78 is 2.11. The predicted octanol–water partition coefficient (Wildman–Crippen LogP) is 2.50. The van der Waals surface area contributed by atoms with Gasteiger partial charge in [0.15, 0.2) is 0 Å². The van der Waals surface area contributed by atoms with Crippen molar-refractivity contribution >= 4 is 0 Å². The van der Waals surface area contributed by atoms with Crippen LogP contribution in [0, 0.1) is 5.92 Å². The lowest BCUT2D eigenvalue weighted by atomic mass is 9.91. The molecule has 2 aromatic rings. The minimum Gasteiger partial charge on any atom is -0.385 e. The first-order chi connectivity index (χ1) is 10.7. The van der Waals surface area contributed by atoms with E-state index in [4.69, 9.17) is 0 Å². The van der Waals surface area contributed by atoms with Crippen LogP contribution in [0.5, 0.6) is 0 Å². The topological polar surface area (TPSA) is 41.3 Å². The summed E-state index contributed by atoms with van der Waals surface area (Å²) in [7, 11) is 2.14. The van der Waals surface area contributed by atoms with Crippen molar-refractivity contribution in [2.75, 3.05) is 20.1 Å². The quantitative estimate of drug-likeness (QED) is 0.922. The highest BCUT2D eigenvalue weighted by atomic mass is 16.3.